The Hall–Kier alpha value is -0.450. The van der Waals surface area contributed by atoms with Crippen molar-refractivity contribution in [1.82, 2.24) is 15.2 Å². The van der Waals surface area contributed by atoms with Crippen LogP contribution >= 0.6 is 11.3 Å². The highest BCUT2D eigenvalue weighted by Gasteiger charge is 2.19. The van der Waals surface area contributed by atoms with E-state index < -0.39 is 0 Å². The van der Waals surface area contributed by atoms with Crippen LogP contribution in [0.3, 0.4) is 0 Å². The first-order valence-corrected chi connectivity index (χ1v) is 8.50. The molecule has 0 aromatic carbocycles. The predicted octanol–water partition coefficient (Wildman–Crippen LogP) is 2.92. The van der Waals surface area contributed by atoms with Gasteiger partial charge in [-0.05, 0) is 58.3 Å². The summed E-state index contributed by atoms with van der Waals surface area (Å²) in [4.78, 5) is 7.30. The molecule has 0 amide bonds. The van der Waals surface area contributed by atoms with Crippen LogP contribution in [0.5, 0.6) is 0 Å². The van der Waals surface area contributed by atoms with Crippen molar-refractivity contribution in [2.75, 3.05) is 26.7 Å². The van der Waals surface area contributed by atoms with Crippen LogP contribution in [0.25, 0.3) is 0 Å². The molecule has 2 heterocycles. The van der Waals surface area contributed by atoms with Gasteiger partial charge in [-0.1, -0.05) is 13.3 Å². The largest absolute Gasteiger partial charge is 0.320 e. The van der Waals surface area contributed by atoms with Crippen molar-refractivity contribution in [3.8, 4) is 0 Å². The third-order valence-electron chi connectivity index (χ3n) is 3.97. The first-order valence-electron chi connectivity index (χ1n) is 7.62. The van der Waals surface area contributed by atoms with E-state index in [1.807, 2.05) is 18.4 Å². The van der Waals surface area contributed by atoms with Gasteiger partial charge < -0.3 is 5.32 Å². The molecule has 1 aliphatic heterocycles. The van der Waals surface area contributed by atoms with Crippen molar-refractivity contribution in [3.63, 3.8) is 0 Å². The van der Waals surface area contributed by atoms with Crippen LogP contribution in [0.1, 0.15) is 43.3 Å². The van der Waals surface area contributed by atoms with Crippen molar-refractivity contribution in [2.24, 2.45) is 5.92 Å². The Morgan fingerprint density at radius 1 is 1.42 bits per heavy atom. The van der Waals surface area contributed by atoms with Gasteiger partial charge in [-0.15, -0.1) is 11.3 Å². The Morgan fingerprint density at radius 3 is 2.89 bits per heavy atom. The summed E-state index contributed by atoms with van der Waals surface area (Å²) in [5, 5.41) is 6.80. The minimum atomic E-state index is 0.927. The quantitative estimate of drug-likeness (QED) is 0.833. The summed E-state index contributed by atoms with van der Waals surface area (Å²) in [6.45, 7) is 6.94. The first kappa shape index (κ1) is 14.9. The Labute approximate surface area is 121 Å². The van der Waals surface area contributed by atoms with Crippen LogP contribution in [-0.4, -0.2) is 36.6 Å². The number of likely N-dealkylation sites (tertiary alicyclic amines) is 1. The molecular weight excluding hydrogens is 254 g/mol. The first-order chi connectivity index (χ1) is 9.31. The van der Waals surface area contributed by atoms with Gasteiger partial charge in [0.05, 0.1) is 12.2 Å². The van der Waals surface area contributed by atoms with E-state index in [2.05, 4.69) is 22.5 Å². The molecule has 2 rings (SSSR count). The third kappa shape index (κ3) is 4.86. The van der Waals surface area contributed by atoms with Crippen molar-refractivity contribution < 1.29 is 0 Å². The summed E-state index contributed by atoms with van der Waals surface area (Å²) in [6, 6.07) is 0. The topological polar surface area (TPSA) is 28.2 Å². The van der Waals surface area contributed by atoms with Crippen LogP contribution in [0, 0.1) is 5.92 Å². The minimum Gasteiger partial charge on any atom is -0.320 e. The molecule has 0 radical (unpaired) electrons. The van der Waals surface area contributed by atoms with E-state index in [1.165, 1.54) is 49.5 Å². The molecule has 0 aliphatic carbocycles. The number of hydrogen-bond donors (Lipinski definition) is 1. The molecule has 1 aliphatic rings. The Morgan fingerprint density at radius 2 is 2.21 bits per heavy atom. The molecule has 1 N–H and O–H groups in total. The second-order valence-electron chi connectivity index (χ2n) is 5.59. The summed E-state index contributed by atoms with van der Waals surface area (Å²) in [7, 11) is 2.05. The lowest BCUT2D eigenvalue weighted by molar-refractivity contribution is 0.172. The molecular formula is C15H27N3S. The number of thiazole rings is 1. The van der Waals surface area contributed by atoms with Crippen LogP contribution in [-0.2, 0) is 13.0 Å². The fraction of sp³-hybridized carbons (Fsp3) is 0.800. The van der Waals surface area contributed by atoms with E-state index in [0.717, 1.165) is 25.4 Å². The van der Waals surface area contributed by atoms with Crippen molar-refractivity contribution in [1.29, 1.82) is 0 Å². The predicted molar refractivity (Wildman–Crippen MR) is 82.7 cm³/mol. The SMILES string of the molecule is CCCc1csc(CN2CCC(CCNC)CC2)n1. The molecule has 0 unspecified atom stereocenters. The summed E-state index contributed by atoms with van der Waals surface area (Å²) in [5.41, 5.74) is 1.28. The molecule has 3 nitrogen and oxygen atoms in total. The Kier molecular flexibility index (Phi) is 6.28. The number of nitrogens with zero attached hydrogens (tertiary/aromatic N) is 2. The van der Waals surface area contributed by atoms with E-state index in [4.69, 9.17) is 4.98 Å². The van der Waals surface area contributed by atoms with Gasteiger partial charge in [0.25, 0.3) is 0 Å². The van der Waals surface area contributed by atoms with E-state index in [1.54, 1.807) is 0 Å². The summed E-state index contributed by atoms with van der Waals surface area (Å²) in [6.07, 6.45) is 6.37. The number of rotatable bonds is 7. The lowest BCUT2D eigenvalue weighted by Gasteiger charge is -2.31. The Bertz CT molecular complexity index is 356. The summed E-state index contributed by atoms with van der Waals surface area (Å²) >= 11 is 1.84. The Balaban J connectivity index is 1.72. The van der Waals surface area contributed by atoms with Gasteiger partial charge in [-0.3, -0.25) is 4.90 Å². The summed E-state index contributed by atoms with van der Waals surface area (Å²) in [5.74, 6) is 0.927. The van der Waals surface area contributed by atoms with E-state index in [9.17, 15) is 0 Å². The third-order valence-corrected chi connectivity index (χ3v) is 4.86. The molecule has 4 heteroatoms. The average molecular weight is 281 g/mol. The number of aryl methyl sites for hydroxylation is 1. The zero-order valence-corrected chi connectivity index (χ0v) is 13.1. The number of aromatic nitrogens is 1. The maximum atomic E-state index is 4.73. The van der Waals surface area contributed by atoms with Gasteiger partial charge in [0.15, 0.2) is 0 Å². The van der Waals surface area contributed by atoms with Crippen molar-refractivity contribution in [2.45, 2.75) is 45.6 Å². The lowest BCUT2D eigenvalue weighted by Crippen LogP contribution is -2.34. The zero-order chi connectivity index (χ0) is 13.5. The van der Waals surface area contributed by atoms with Crippen LogP contribution in [0.15, 0.2) is 5.38 Å². The van der Waals surface area contributed by atoms with Crippen LogP contribution in [0.2, 0.25) is 0 Å². The van der Waals surface area contributed by atoms with Gasteiger partial charge in [0.1, 0.15) is 5.01 Å². The molecule has 0 spiro atoms. The highest BCUT2D eigenvalue weighted by molar-refractivity contribution is 7.09. The molecule has 1 aromatic rings. The van der Waals surface area contributed by atoms with Gasteiger partial charge in [-0.2, -0.15) is 0 Å². The number of hydrogen-bond acceptors (Lipinski definition) is 4. The minimum absolute atomic E-state index is 0.927. The molecule has 108 valence electrons. The molecule has 0 saturated carbocycles. The smallest absolute Gasteiger partial charge is 0.107 e. The normalized spacial score (nSPS) is 18.0. The molecule has 0 bridgehead atoms. The second kappa shape index (κ2) is 7.98. The second-order valence-corrected chi connectivity index (χ2v) is 6.54. The fourth-order valence-electron chi connectivity index (χ4n) is 2.77. The van der Waals surface area contributed by atoms with E-state index in [0.29, 0.717) is 0 Å². The van der Waals surface area contributed by atoms with Crippen molar-refractivity contribution in [3.05, 3.63) is 16.1 Å². The molecule has 1 fully saturated rings. The van der Waals surface area contributed by atoms with Crippen LogP contribution < -0.4 is 5.32 Å². The number of piperidine rings is 1. The van der Waals surface area contributed by atoms with E-state index in [-0.39, 0.29) is 0 Å². The zero-order valence-electron chi connectivity index (χ0n) is 12.3. The maximum absolute atomic E-state index is 4.73. The summed E-state index contributed by atoms with van der Waals surface area (Å²) < 4.78 is 0. The fourth-order valence-corrected chi connectivity index (χ4v) is 3.64. The molecule has 19 heavy (non-hydrogen) atoms. The lowest BCUT2D eigenvalue weighted by atomic mass is 9.93. The highest BCUT2D eigenvalue weighted by atomic mass is 32.1. The van der Waals surface area contributed by atoms with Gasteiger partial charge in [0, 0.05) is 5.38 Å². The average Bonchev–Trinajstić information content (AvgIpc) is 2.86. The van der Waals surface area contributed by atoms with Gasteiger partial charge in [0.2, 0.25) is 0 Å². The molecule has 0 atom stereocenters. The van der Waals surface area contributed by atoms with Crippen LogP contribution in [0.4, 0.5) is 0 Å². The van der Waals surface area contributed by atoms with Gasteiger partial charge in [-0.25, -0.2) is 4.98 Å². The molecule has 1 saturated heterocycles. The maximum Gasteiger partial charge on any atom is 0.107 e. The van der Waals surface area contributed by atoms with E-state index >= 15 is 0 Å². The van der Waals surface area contributed by atoms with Crippen molar-refractivity contribution >= 4 is 11.3 Å². The standard InChI is InChI=1S/C15H27N3S/c1-3-4-14-12-19-15(17-14)11-18-9-6-13(7-10-18)5-8-16-2/h12-13,16H,3-11H2,1-2H3. The van der Waals surface area contributed by atoms with Gasteiger partial charge >= 0.3 is 0 Å². The number of nitrogens with one attached hydrogen (secondary N) is 1. The monoisotopic (exact) mass is 281 g/mol. The molecule has 1 aromatic heterocycles. The highest BCUT2D eigenvalue weighted by Crippen LogP contribution is 2.22.